The summed E-state index contributed by atoms with van der Waals surface area (Å²) in [5.74, 6) is 0.324. The second-order valence-electron chi connectivity index (χ2n) is 6.00. The molecule has 1 N–H and O–H groups in total. The van der Waals surface area contributed by atoms with Gasteiger partial charge in [0.25, 0.3) is 5.91 Å². The number of para-hydroxylation sites is 2. The van der Waals surface area contributed by atoms with Crippen LogP contribution in [0.5, 0.6) is 11.5 Å². The Hall–Kier alpha value is -2.44. The Labute approximate surface area is 174 Å². The molecular formula is C20H22Cl2N2O4. The van der Waals surface area contributed by atoms with Gasteiger partial charge < -0.3 is 19.7 Å². The minimum atomic E-state index is -0.701. The zero-order valence-electron chi connectivity index (χ0n) is 15.9. The van der Waals surface area contributed by atoms with Crippen molar-refractivity contribution in [3.05, 3.63) is 58.1 Å². The maximum atomic E-state index is 12.9. The third-order valence-corrected chi connectivity index (χ3v) is 4.91. The first-order chi connectivity index (χ1) is 13.4. The Bertz CT molecular complexity index is 845. The third-order valence-electron chi connectivity index (χ3n) is 4.17. The van der Waals surface area contributed by atoms with Crippen LogP contribution in [0, 0.1) is 0 Å². The van der Waals surface area contributed by atoms with Gasteiger partial charge in [0.05, 0.1) is 17.2 Å². The number of rotatable bonds is 8. The summed E-state index contributed by atoms with van der Waals surface area (Å²) in [6.45, 7) is 1.58. The molecule has 2 aromatic rings. The predicted octanol–water partition coefficient (Wildman–Crippen LogP) is 3.54. The minimum absolute atomic E-state index is 0.180. The molecule has 0 fully saturated rings. The smallest absolute Gasteiger partial charge is 0.261 e. The highest BCUT2D eigenvalue weighted by atomic mass is 35.5. The molecule has 0 aliphatic heterocycles. The number of hydrogen-bond donors (Lipinski definition) is 1. The van der Waals surface area contributed by atoms with Gasteiger partial charge in [-0.3, -0.25) is 9.59 Å². The van der Waals surface area contributed by atoms with Gasteiger partial charge in [-0.2, -0.15) is 0 Å². The molecule has 0 bridgehead atoms. The van der Waals surface area contributed by atoms with Crippen LogP contribution in [0.4, 0.5) is 0 Å². The lowest BCUT2D eigenvalue weighted by Gasteiger charge is -2.28. The molecule has 0 aliphatic rings. The van der Waals surface area contributed by atoms with Crippen molar-refractivity contribution in [2.45, 2.75) is 19.5 Å². The van der Waals surface area contributed by atoms with Crippen LogP contribution >= 0.6 is 23.2 Å². The number of methoxy groups -OCH3 is 1. The molecule has 1 atom stereocenters. The summed E-state index contributed by atoms with van der Waals surface area (Å²) < 4.78 is 10.8. The molecular weight excluding hydrogens is 403 g/mol. The van der Waals surface area contributed by atoms with E-state index >= 15 is 0 Å². The van der Waals surface area contributed by atoms with Crippen LogP contribution < -0.4 is 14.8 Å². The molecule has 6 nitrogen and oxygen atoms in total. The summed E-state index contributed by atoms with van der Waals surface area (Å²) in [7, 11) is 3.04. The Balaban J connectivity index is 2.18. The van der Waals surface area contributed by atoms with E-state index in [9.17, 15) is 9.59 Å². The summed E-state index contributed by atoms with van der Waals surface area (Å²) in [6.07, 6.45) is 0. The van der Waals surface area contributed by atoms with Gasteiger partial charge in [0, 0.05) is 13.6 Å². The molecule has 0 aromatic heterocycles. The van der Waals surface area contributed by atoms with Crippen LogP contribution in [0.2, 0.25) is 10.0 Å². The van der Waals surface area contributed by atoms with Crippen LogP contribution in [-0.4, -0.2) is 43.5 Å². The maximum Gasteiger partial charge on any atom is 0.261 e. The minimum Gasteiger partial charge on any atom is -0.493 e. The highest BCUT2D eigenvalue weighted by Gasteiger charge is 2.26. The van der Waals surface area contributed by atoms with E-state index in [1.165, 1.54) is 19.1 Å². The number of carbonyl (C=O) groups excluding carboxylic acids is 2. The first kappa shape index (κ1) is 21.9. The van der Waals surface area contributed by atoms with E-state index in [0.29, 0.717) is 21.5 Å². The van der Waals surface area contributed by atoms with Gasteiger partial charge in [-0.05, 0) is 36.8 Å². The van der Waals surface area contributed by atoms with Crippen LogP contribution in [0.25, 0.3) is 0 Å². The Morgan fingerprint density at radius 2 is 1.79 bits per heavy atom. The molecule has 8 heteroatoms. The highest BCUT2D eigenvalue weighted by Crippen LogP contribution is 2.26. The summed E-state index contributed by atoms with van der Waals surface area (Å²) in [6, 6.07) is 11.4. The van der Waals surface area contributed by atoms with E-state index < -0.39 is 6.04 Å². The molecule has 0 unspecified atom stereocenters. The van der Waals surface area contributed by atoms with Gasteiger partial charge in [0.2, 0.25) is 5.91 Å². The van der Waals surface area contributed by atoms with Crippen LogP contribution in [0.1, 0.15) is 12.5 Å². The maximum absolute atomic E-state index is 12.9. The number of benzene rings is 2. The number of nitrogens with one attached hydrogen (secondary N) is 1. The number of likely N-dealkylation sites (N-methyl/N-ethyl adjacent to an activating group) is 1. The van der Waals surface area contributed by atoms with Crippen LogP contribution in [0.3, 0.4) is 0 Å². The fraction of sp³-hybridized carbons (Fsp3) is 0.300. The van der Waals surface area contributed by atoms with Crippen LogP contribution in [-0.2, 0) is 16.1 Å². The van der Waals surface area contributed by atoms with Gasteiger partial charge in [0.1, 0.15) is 6.04 Å². The van der Waals surface area contributed by atoms with Gasteiger partial charge in [0.15, 0.2) is 18.1 Å². The number of amides is 2. The van der Waals surface area contributed by atoms with Crippen molar-refractivity contribution >= 4 is 35.0 Å². The highest BCUT2D eigenvalue weighted by molar-refractivity contribution is 6.42. The fourth-order valence-electron chi connectivity index (χ4n) is 2.59. The summed E-state index contributed by atoms with van der Waals surface area (Å²) in [4.78, 5) is 26.4. The molecule has 0 spiro atoms. The lowest BCUT2D eigenvalue weighted by molar-refractivity contribution is -0.142. The standard InChI is InChI=1S/C20H22Cl2N2O4/c1-13(20(26)23-2)24(11-14-8-9-15(21)16(22)10-14)19(25)12-28-18-7-5-4-6-17(18)27-3/h4-10,13H,11-12H2,1-3H3,(H,23,26)/t13-/m1/s1. The average Bonchev–Trinajstić information content (AvgIpc) is 2.71. The molecule has 0 saturated carbocycles. The SMILES string of the molecule is CNC(=O)[C@@H](C)N(Cc1ccc(Cl)c(Cl)c1)C(=O)COc1ccccc1OC. The number of hydrogen-bond acceptors (Lipinski definition) is 4. The van der Waals surface area contributed by atoms with Crippen molar-refractivity contribution in [1.29, 1.82) is 0 Å². The molecule has 2 aromatic carbocycles. The summed E-state index contributed by atoms with van der Waals surface area (Å²) in [5.41, 5.74) is 0.746. The molecule has 0 aliphatic carbocycles. The van der Waals surface area contributed by atoms with E-state index in [4.69, 9.17) is 32.7 Å². The van der Waals surface area contributed by atoms with Crippen molar-refractivity contribution in [1.82, 2.24) is 10.2 Å². The van der Waals surface area contributed by atoms with E-state index in [-0.39, 0.29) is 25.0 Å². The van der Waals surface area contributed by atoms with Crippen LogP contribution in [0.15, 0.2) is 42.5 Å². The normalized spacial score (nSPS) is 11.5. The second-order valence-corrected chi connectivity index (χ2v) is 6.81. The first-order valence-corrected chi connectivity index (χ1v) is 9.33. The van der Waals surface area contributed by atoms with E-state index in [1.807, 2.05) is 0 Å². The van der Waals surface area contributed by atoms with Gasteiger partial charge in [-0.1, -0.05) is 41.4 Å². The fourth-order valence-corrected chi connectivity index (χ4v) is 2.91. The monoisotopic (exact) mass is 424 g/mol. The van der Waals surface area contributed by atoms with Gasteiger partial charge in [-0.25, -0.2) is 0 Å². The lowest BCUT2D eigenvalue weighted by Crippen LogP contribution is -2.48. The molecule has 150 valence electrons. The van der Waals surface area contributed by atoms with Crippen molar-refractivity contribution in [3.8, 4) is 11.5 Å². The number of carbonyl (C=O) groups is 2. The van der Waals surface area contributed by atoms with Gasteiger partial charge >= 0.3 is 0 Å². The Morgan fingerprint density at radius 3 is 2.39 bits per heavy atom. The zero-order valence-corrected chi connectivity index (χ0v) is 17.4. The van der Waals surface area contributed by atoms with Crippen molar-refractivity contribution in [2.24, 2.45) is 0 Å². The average molecular weight is 425 g/mol. The molecule has 2 rings (SSSR count). The van der Waals surface area contributed by atoms with Crippen molar-refractivity contribution in [2.75, 3.05) is 20.8 Å². The topological polar surface area (TPSA) is 67.9 Å². The Morgan fingerprint density at radius 1 is 1.11 bits per heavy atom. The molecule has 0 saturated heterocycles. The number of halogens is 2. The first-order valence-electron chi connectivity index (χ1n) is 8.58. The number of nitrogens with zero attached hydrogens (tertiary/aromatic N) is 1. The molecule has 0 radical (unpaired) electrons. The predicted molar refractivity (Wildman–Crippen MR) is 109 cm³/mol. The van der Waals surface area contributed by atoms with Gasteiger partial charge in [-0.15, -0.1) is 0 Å². The quantitative estimate of drug-likeness (QED) is 0.703. The Kier molecular flexibility index (Phi) is 7.96. The van der Waals surface area contributed by atoms with Crippen molar-refractivity contribution in [3.63, 3.8) is 0 Å². The molecule has 2 amide bonds. The summed E-state index contributed by atoms with van der Waals surface area (Å²) >= 11 is 12.0. The van der Waals surface area contributed by atoms with E-state index in [2.05, 4.69) is 5.32 Å². The summed E-state index contributed by atoms with van der Waals surface area (Å²) in [5, 5.41) is 3.36. The number of ether oxygens (including phenoxy) is 2. The van der Waals surface area contributed by atoms with E-state index in [1.54, 1.807) is 49.4 Å². The van der Waals surface area contributed by atoms with E-state index in [0.717, 1.165) is 5.56 Å². The third kappa shape index (κ3) is 5.53. The second kappa shape index (κ2) is 10.2. The molecule has 28 heavy (non-hydrogen) atoms. The van der Waals surface area contributed by atoms with Crippen molar-refractivity contribution < 1.29 is 19.1 Å². The zero-order chi connectivity index (χ0) is 20.7. The lowest BCUT2D eigenvalue weighted by atomic mass is 10.1. The molecule has 0 heterocycles. The largest absolute Gasteiger partial charge is 0.493 e.